The number of carbonyl (C=O) groups is 3. The summed E-state index contributed by atoms with van der Waals surface area (Å²) in [5.41, 5.74) is -1.04. The van der Waals surface area contributed by atoms with Crippen LogP contribution in [0, 0.1) is 5.41 Å². The molecule has 2 rings (SSSR count). The first-order chi connectivity index (χ1) is 11.3. The zero-order chi connectivity index (χ0) is 17.8. The van der Waals surface area contributed by atoms with Crippen LogP contribution < -0.4 is 0 Å². The van der Waals surface area contributed by atoms with Gasteiger partial charge in [-0.2, -0.15) is 0 Å². The predicted molar refractivity (Wildman–Crippen MR) is 86.2 cm³/mol. The molecule has 1 saturated carbocycles. The molecule has 6 nitrogen and oxygen atoms in total. The molecular weight excluding hydrogens is 312 g/mol. The van der Waals surface area contributed by atoms with Crippen molar-refractivity contribution < 1.29 is 28.6 Å². The van der Waals surface area contributed by atoms with E-state index >= 15 is 0 Å². The van der Waals surface area contributed by atoms with Crippen molar-refractivity contribution >= 4 is 17.5 Å². The highest BCUT2D eigenvalue weighted by Gasteiger charge is 2.49. The highest BCUT2D eigenvalue weighted by molar-refractivity contribution is 6.09. The second kappa shape index (κ2) is 7.57. The molecule has 0 bridgehead atoms. The molecule has 0 spiro atoms. The van der Waals surface area contributed by atoms with E-state index in [4.69, 9.17) is 14.2 Å². The summed E-state index contributed by atoms with van der Waals surface area (Å²) >= 11 is 0. The first-order valence-corrected chi connectivity index (χ1v) is 8.42. The third kappa shape index (κ3) is 4.51. The van der Waals surface area contributed by atoms with E-state index in [0.29, 0.717) is 38.7 Å². The van der Waals surface area contributed by atoms with E-state index in [1.807, 2.05) is 13.8 Å². The van der Waals surface area contributed by atoms with Gasteiger partial charge in [0.15, 0.2) is 5.79 Å². The highest BCUT2D eigenvalue weighted by Crippen LogP contribution is 2.41. The van der Waals surface area contributed by atoms with Gasteiger partial charge in [-0.25, -0.2) is 0 Å². The molecule has 1 aliphatic carbocycles. The monoisotopic (exact) mass is 338 g/mol. The minimum atomic E-state index is -1.04. The lowest BCUT2D eigenvalue weighted by Gasteiger charge is -2.35. The molecule has 2 fully saturated rings. The minimum absolute atomic E-state index is 0.0239. The summed E-state index contributed by atoms with van der Waals surface area (Å²) in [7, 11) is 0. The normalized spacial score (nSPS) is 26.0. The average Bonchev–Trinajstić information content (AvgIpc) is 2.82. The van der Waals surface area contributed by atoms with Gasteiger partial charge >= 0.3 is 5.97 Å². The molecule has 0 amide bonds. The number of hydrogen-bond acceptors (Lipinski definition) is 6. The van der Waals surface area contributed by atoms with Crippen LogP contribution in [0.25, 0.3) is 0 Å². The molecule has 0 N–H and O–H groups in total. The van der Waals surface area contributed by atoms with Gasteiger partial charge in [0, 0.05) is 19.8 Å². The van der Waals surface area contributed by atoms with E-state index in [0.717, 1.165) is 0 Å². The zero-order valence-electron chi connectivity index (χ0n) is 14.6. The fourth-order valence-corrected chi connectivity index (χ4v) is 3.35. The van der Waals surface area contributed by atoms with Crippen molar-refractivity contribution in [2.45, 2.75) is 64.8 Å². The van der Waals surface area contributed by atoms with E-state index in [1.165, 1.54) is 6.92 Å². The van der Waals surface area contributed by atoms with Gasteiger partial charge in [0.05, 0.1) is 18.1 Å². The number of ketones is 2. The SMILES string of the molecule is CC(=O)OC/C=C/CC1(C[C@H]2COC(C)(C)O2)C(=O)CCCC1=O. The molecule has 2 aliphatic rings. The van der Waals surface area contributed by atoms with Crippen LogP contribution in [0.4, 0.5) is 0 Å². The van der Waals surface area contributed by atoms with E-state index < -0.39 is 11.2 Å². The zero-order valence-corrected chi connectivity index (χ0v) is 14.6. The summed E-state index contributed by atoms with van der Waals surface area (Å²) < 4.78 is 16.2. The number of rotatable bonds is 6. The minimum Gasteiger partial charge on any atom is -0.462 e. The largest absolute Gasteiger partial charge is 0.462 e. The van der Waals surface area contributed by atoms with Crippen LogP contribution >= 0.6 is 0 Å². The molecule has 1 aliphatic heterocycles. The Bertz CT molecular complexity index is 518. The third-order valence-electron chi connectivity index (χ3n) is 4.53. The number of hydrogen-bond donors (Lipinski definition) is 0. The molecule has 24 heavy (non-hydrogen) atoms. The maximum atomic E-state index is 12.6. The maximum absolute atomic E-state index is 12.6. The van der Waals surface area contributed by atoms with Gasteiger partial charge < -0.3 is 14.2 Å². The van der Waals surface area contributed by atoms with Crippen molar-refractivity contribution in [1.29, 1.82) is 0 Å². The molecule has 1 saturated heterocycles. The van der Waals surface area contributed by atoms with Crippen LogP contribution in [0.3, 0.4) is 0 Å². The molecule has 0 radical (unpaired) electrons. The van der Waals surface area contributed by atoms with Gasteiger partial charge in [-0.3, -0.25) is 14.4 Å². The third-order valence-corrected chi connectivity index (χ3v) is 4.53. The maximum Gasteiger partial charge on any atom is 0.302 e. The molecule has 0 aromatic heterocycles. The van der Waals surface area contributed by atoms with E-state index in [1.54, 1.807) is 12.2 Å². The molecule has 1 heterocycles. The topological polar surface area (TPSA) is 78.9 Å². The number of carbonyl (C=O) groups excluding carboxylic acids is 3. The van der Waals surface area contributed by atoms with Crippen molar-refractivity contribution in [3.05, 3.63) is 12.2 Å². The van der Waals surface area contributed by atoms with Gasteiger partial charge in [0.1, 0.15) is 18.2 Å². The van der Waals surface area contributed by atoms with Crippen LogP contribution in [-0.2, 0) is 28.6 Å². The van der Waals surface area contributed by atoms with Crippen LogP contribution in [0.5, 0.6) is 0 Å². The molecule has 134 valence electrons. The smallest absolute Gasteiger partial charge is 0.302 e. The summed E-state index contributed by atoms with van der Waals surface area (Å²) in [4.78, 5) is 36.0. The van der Waals surface area contributed by atoms with Gasteiger partial charge in [0.25, 0.3) is 0 Å². The molecule has 6 heteroatoms. The second-order valence-corrected chi connectivity index (χ2v) is 6.91. The summed E-state index contributed by atoms with van der Waals surface area (Å²) in [6.07, 6.45) is 5.26. The number of allylic oxidation sites excluding steroid dienone is 1. The molecule has 0 unspecified atom stereocenters. The Labute approximate surface area is 142 Å². The van der Waals surface area contributed by atoms with Gasteiger partial charge in [0.2, 0.25) is 0 Å². The first kappa shape index (κ1) is 18.8. The molecular formula is C18H26O6. The van der Waals surface area contributed by atoms with E-state index in [2.05, 4.69) is 0 Å². The quantitative estimate of drug-likeness (QED) is 0.420. The Balaban J connectivity index is 2.08. The number of ether oxygens (including phenoxy) is 3. The van der Waals surface area contributed by atoms with Crippen LogP contribution in [0.1, 0.15) is 52.9 Å². The van der Waals surface area contributed by atoms with Crippen LogP contribution in [0.2, 0.25) is 0 Å². The Morgan fingerprint density at radius 1 is 1.25 bits per heavy atom. The lowest BCUT2D eigenvalue weighted by Crippen LogP contribution is -2.45. The van der Waals surface area contributed by atoms with Crippen LogP contribution in [0.15, 0.2) is 12.2 Å². The average molecular weight is 338 g/mol. The second-order valence-electron chi connectivity index (χ2n) is 6.91. The Kier molecular flexibility index (Phi) is 5.93. The van der Waals surface area contributed by atoms with Crippen LogP contribution in [-0.4, -0.2) is 42.6 Å². The number of esters is 1. The van der Waals surface area contributed by atoms with E-state index in [9.17, 15) is 14.4 Å². The standard InChI is InChI=1S/C18H26O6/c1-13(19)22-10-5-4-9-18(15(20)7-6-8-16(18)21)11-14-12-23-17(2,3)24-14/h4-5,14H,6-12H2,1-3H3/b5-4+/t14-/m0/s1. The summed E-state index contributed by atoms with van der Waals surface area (Å²) in [6.45, 7) is 5.51. The molecule has 0 aromatic rings. The first-order valence-electron chi connectivity index (χ1n) is 8.42. The Morgan fingerprint density at radius 3 is 2.46 bits per heavy atom. The van der Waals surface area contributed by atoms with Crippen molar-refractivity contribution in [3.63, 3.8) is 0 Å². The van der Waals surface area contributed by atoms with Crippen molar-refractivity contribution in [1.82, 2.24) is 0 Å². The van der Waals surface area contributed by atoms with Crippen molar-refractivity contribution in [2.24, 2.45) is 5.41 Å². The summed E-state index contributed by atoms with van der Waals surface area (Å²) in [5.74, 6) is -1.09. The van der Waals surface area contributed by atoms with Gasteiger partial charge in [-0.15, -0.1) is 0 Å². The Hall–Kier alpha value is -1.53. The fraction of sp³-hybridized carbons (Fsp3) is 0.722. The molecule has 0 aromatic carbocycles. The lowest BCUT2D eigenvalue weighted by molar-refractivity contribution is -0.155. The molecule has 1 atom stereocenters. The summed E-state index contributed by atoms with van der Waals surface area (Å²) in [5, 5.41) is 0. The van der Waals surface area contributed by atoms with Crippen molar-refractivity contribution in [3.8, 4) is 0 Å². The Morgan fingerprint density at radius 2 is 1.92 bits per heavy atom. The van der Waals surface area contributed by atoms with E-state index in [-0.39, 0.29) is 30.2 Å². The fourth-order valence-electron chi connectivity index (χ4n) is 3.35. The van der Waals surface area contributed by atoms with Gasteiger partial charge in [-0.1, -0.05) is 12.2 Å². The number of Topliss-reactive ketones (excluding diaryl/α,β-unsaturated/α-hetero) is 2. The predicted octanol–water partition coefficient (Wildman–Crippen LogP) is 2.35. The highest BCUT2D eigenvalue weighted by atomic mass is 16.7. The van der Waals surface area contributed by atoms with Gasteiger partial charge in [-0.05, 0) is 33.1 Å². The van der Waals surface area contributed by atoms with Crippen molar-refractivity contribution in [2.75, 3.05) is 13.2 Å². The summed E-state index contributed by atoms with van der Waals surface area (Å²) in [6, 6.07) is 0. The lowest BCUT2D eigenvalue weighted by atomic mass is 9.66.